The summed E-state index contributed by atoms with van der Waals surface area (Å²) < 4.78 is 0. The number of hydrogen-bond acceptors (Lipinski definition) is 2. The Morgan fingerprint density at radius 2 is 1.78 bits per heavy atom. The van der Waals surface area contributed by atoms with Gasteiger partial charge in [0.1, 0.15) is 0 Å². The Morgan fingerprint density at radius 3 is 2.33 bits per heavy atom. The summed E-state index contributed by atoms with van der Waals surface area (Å²) in [6.45, 7) is 9.95. The quantitative estimate of drug-likeness (QED) is 0.698. The van der Waals surface area contributed by atoms with E-state index in [1.807, 2.05) is 11.8 Å². The lowest BCUT2D eigenvalue weighted by atomic mass is 10.0. The zero-order valence-corrected chi connectivity index (χ0v) is 13.0. The van der Waals surface area contributed by atoms with Gasteiger partial charge in [-0.05, 0) is 41.9 Å². The Labute approximate surface area is 117 Å². The van der Waals surface area contributed by atoms with Crippen LogP contribution in [0.3, 0.4) is 0 Å². The predicted molar refractivity (Wildman–Crippen MR) is 84.4 cm³/mol. The number of nitrogens with one attached hydrogen (secondary N) is 1. The molecule has 0 fully saturated rings. The molecule has 0 spiro atoms. The van der Waals surface area contributed by atoms with Gasteiger partial charge in [0, 0.05) is 12.6 Å². The molecule has 1 N–H and O–H groups in total. The van der Waals surface area contributed by atoms with Gasteiger partial charge in [-0.25, -0.2) is 0 Å². The van der Waals surface area contributed by atoms with Gasteiger partial charge < -0.3 is 5.32 Å². The van der Waals surface area contributed by atoms with E-state index >= 15 is 0 Å². The largest absolute Gasteiger partial charge is 0.310 e. The molecule has 0 aliphatic heterocycles. The summed E-state index contributed by atoms with van der Waals surface area (Å²) in [5, 5.41) is 3.59. The molecule has 0 aliphatic rings. The summed E-state index contributed by atoms with van der Waals surface area (Å²) in [5.41, 5.74) is 2.81. The first-order valence-corrected chi connectivity index (χ1v) is 8.19. The van der Waals surface area contributed by atoms with Crippen LogP contribution in [0.2, 0.25) is 0 Å². The van der Waals surface area contributed by atoms with Crippen LogP contribution in [0.25, 0.3) is 0 Å². The summed E-state index contributed by atoms with van der Waals surface area (Å²) in [5.74, 6) is 3.11. The lowest BCUT2D eigenvalue weighted by molar-refractivity contribution is 0.537. The van der Waals surface area contributed by atoms with Crippen molar-refractivity contribution in [2.24, 2.45) is 0 Å². The van der Waals surface area contributed by atoms with Crippen molar-refractivity contribution in [2.45, 2.75) is 52.6 Å². The van der Waals surface area contributed by atoms with Gasteiger partial charge >= 0.3 is 0 Å². The first-order valence-electron chi connectivity index (χ1n) is 7.03. The molecule has 2 heteroatoms. The Kier molecular flexibility index (Phi) is 7.45. The third-order valence-electron chi connectivity index (χ3n) is 3.20. The molecule has 1 aromatic rings. The molecule has 0 radical (unpaired) electrons. The smallest absolute Gasteiger partial charge is 0.0207 e. The number of hydrogen-bond donors (Lipinski definition) is 1. The maximum Gasteiger partial charge on any atom is 0.0207 e. The van der Waals surface area contributed by atoms with Gasteiger partial charge in [0.25, 0.3) is 0 Å². The van der Waals surface area contributed by atoms with Crippen molar-refractivity contribution in [3.8, 4) is 0 Å². The van der Waals surface area contributed by atoms with Crippen LogP contribution in [0.15, 0.2) is 24.3 Å². The number of benzene rings is 1. The van der Waals surface area contributed by atoms with Gasteiger partial charge in [0.2, 0.25) is 0 Å². The Balaban J connectivity index is 2.30. The first kappa shape index (κ1) is 15.6. The fraction of sp³-hybridized carbons (Fsp3) is 0.625. The average Bonchev–Trinajstić information content (AvgIpc) is 2.37. The fourth-order valence-corrected chi connectivity index (χ4v) is 2.63. The Morgan fingerprint density at radius 1 is 1.11 bits per heavy atom. The monoisotopic (exact) mass is 265 g/mol. The average molecular weight is 265 g/mol. The molecule has 0 amide bonds. The molecule has 1 atom stereocenters. The van der Waals surface area contributed by atoms with Gasteiger partial charge in [-0.1, -0.05) is 45.0 Å². The van der Waals surface area contributed by atoms with Crippen molar-refractivity contribution in [3.05, 3.63) is 35.4 Å². The molecule has 0 aliphatic carbocycles. The van der Waals surface area contributed by atoms with Crippen LogP contribution < -0.4 is 5.32 Å². The molecule has 0 saturated heterocycles. The highest BCUT2D eigenvalue weighted by atomic mass is 32.2. The highest BCUT2D eigenvalue weighted by Crippen LogP contribution is 2.14. The zero-order valence-electron chi connectivity index (χ0n) is 12.2. The second kappa shape index (κ2) is 8.60. The van der Waals surface area contributed by atoms with Gasteiger partial charge in [-0.15, -0.1) is 0 Å². The van der Waals surface area contributed by atoms with Crippen molar-refractivity contribution in [3.63, 3.8) is 0 Å². The van der Waals surface area contributed by atoms with Crippen molar-refractivity contribution in [2.75, 3.05) is 11.5 Å². The molecule has 1 aromatic carbocycles. The van der Waals surface area contributed by atoms with E-state index in [0.29, 0.717) is 12.0 Å². The first-order chi connectivity index (χ1) is 8.63. The summed E-state index contributed by atoms with van der Waals surface area (Å²) in [7, 11) is 0. The maximum atomic E-state index is 3.59. The van der Waals surface area contributed by atoms with E-state index in [4.69, 9.17) is 0 Å². The number of thioether (sulfide) groups is 1. The molecule has 0 saturated carbocycles. The van der Waals surface area contributed by atoms with Crippen molar-refractivity contribution < 1.29 is 0 Å². The third kappa shape index (κ3) is 5.92. The van der Waals surface area contributed by atoms with Crippen molar-refractivity contribution >= 4 is 11.8 Å². The molecule has 1 rings (SSSR count). The molecule has 18 heavy (non-hydrogen) atoms. The number of rotatable bonds is 8. The van der Waals surface area contributed by atoms with Gasteiger partial charge in [-0.3, -0.25) is 0 Å². The van der Waals surface area contributed by atoms with E-state index in [1.54, 1.807) is 0 Å². The van der Waals surface area contributed by atoms with Crippen LogP contribution in [-0.4, -0.2) is 17.5 Å². The molecule has 0 bridgehead atoms. The molecule has 102 valence electrons. The molecule has 0 aromatic heterocycles. The SMILES string of the molecule is CCSCCC(C)NCc1ccc(C(C)C)cc1. The molecule has 0 heterocycles. The minimum atomic E-state index is 0.605. The molecular formula is C16H27NS. The minimum absolute atomic E-state index is 0.605. The minimum Gasteiger partial charge on any atom is -0.310 e. The van der Waals surface area contributed by atoms with E-state index in [1.165, 1.54) is 29.1 Å². The fourth-order valence-electron chi connectivity index (χ4n) is 1.82. The molecule has 1 nitrogen and oxygen atoms in total. The van der Waals surface area contributed by atoms with Crippen molar-refractivity contribution in [1.82, 2.24) is 5.32 Å². The summed E-state index contributed by atoms with van der Waals surface area (Å²) in [6, 6.07) is 9.60. The van der Waals surface area contributed by atoms with Crippen LogP contribution >= 0.6 is 11.8 Å². The summed E-state index contributed by atoms with van der Waals surface area (Å²) in [4.78, 5) is 0. The van der Waals surface area contributed by atoms with E-state index in [0.717, 1.165) is 6.54 Å². The van der Waals surface area contributed by atoms with Crippen LogP contribution in [0.4, 0.5) is 0 Å². The van der Waals surface area contributed by atoms with Crippen LogP contribution in [0.1, 0.15) is 51.2 Å². The normalized spacial score (nSPS) is 12.9. The van der Waals surface area contributed by atoms with E-state index in [-0.39, 0.29) is 0 Å². The highest BCUT2D eigenvalue weighted by molar-refractivity contribution is 7.99. The standard InChI is InChI=1S/C16H27NS/c1-5-18-11-10-14(4)17-12-15-6-8-16(9-7-15)13(2)3/h6-9,13-14,17H,5,10-12H2,1-4H3. The predicted octanol–water partition coefficient (Wildman–Crippen LogP) is 4.43. The topological polar surface area (TPSA) is 12.0 Å². The van der Waals surface area contributed by atoms with Gasteiger partial charge in [0.05, 0.1) is 0 Å². The van der Waals surface area contributed by atoms with E-state index in [9.17, 15) is 0 Å². The maximum absolute atomic E-state index is 3.59. The lowest BCUT2D eigenvalue weighted by Crippen LogP contribution is -2.26. The van der Waals surface area contributed by atoms with Crippen LogP contribution in [0, 0.1) is 0 Å². The summed E-state index contributed by atoms with van der Waals surface area (Å²) in [6.07, 6.45) is 1.25. The van der Waals surface area contributed by atoms with Crippen molar-refractivity contribution in [1.29, 1.82) is 0 Å². The van der Waals surface area contributed by atoms with E-state index < -0.39 is 0 Å². The van der Waals surface area contributed by atoms with E-state index in [2.05, 4.69) is 57.3 Å². The van der Waals surface area contributed by atoms with Gasteiger partial charge in [0.15, 0.2) is 0 Å². The van der Waals surface area contributed by atoms with Crippen LogP contribution in [-0.2, 0) is 6.54 Å². The lowest BCUT2D eigenvalue weighted by Gasteiger charge is -2.14. The Bertz CT molecular complexity index is 318. The second-order valence-corrected chi connectivity index (χ2v) is 6.56. The highest BCUT2D eigenvalue weighted by Gasteiger charge is 2.02. The Hall–Kier alpha value is -0.470. The van der Waals surface area contributed by atoms with Gasteiger partial charge in [-0.2, -0.15) is 11.8 Å². The zero-order chi connectivity index (χ0) is 13.4. The summed E-state index contributed by atoms with van der Waals surface area (Å²) >= 11 is 2.02. The molecule has 1 unspecified atom stereocenters. The third-order valence-corrected chi connectivity index (χ3v) is 4.13. The second-order valence-electron chi connectivity index (χ2n) is 5.16. The van der Waals surface area contributed by atoms with Crippen LogP contribution in [0.5, 0.6) is 0 Å². The molecular weight excluding hydrogens is 238 g/mol.